The van der Waals surface area contributed by atoms with E-state index in [2.05, 4.69) is 10.5 Å². The van der Waals surface area contributed by atoms with Crippen molar-refractivity contribution in [3.63, 3.8) is 0 Å². The van der Waals surface area contributed by atoms with Crippen molar-refractivity contribution in [3.05, 3.63) is 33.7 Å². The first-order chi connectivity index (χ1) is 8.56. The molecule has 0 unspecified atom stereocenters. The molecule has 2 amide bonds. The molecule has 0 fully saturated rings. The van der Waals surface area contributed by atoms with Gasteiger partial charge in [-0.2, -0.15) is 0 Å². The van der Waals surface area contributed by atoms with E-state index in [-0.39, 0.29) is 6.03 Å². The Balaban J connectivity index is 1.95. The fourth-order valence-electron chi connectivity index (χ4n) is 1.48. The van der Waals surface area contributed by atoms with Gasteiger partial charge in [0, 0.05) is 18.0 Å². The Bertz CT molecular complexity index is 547. The van der Waals surface area contributed by atoms with Crippen LogP contribution in [0.3, 0.4) is 0 Å². The maximum Gasteiger partial charge on any atom is 0.323 e. The molecule has 0 atom stereocenters. The molecule has 2 heterocycles. The van der Waals surface area contributed by atoms with Crippen LogP contribution in [0.15, 0.2) is 22.0 Å². The summed E-state index contributed by atoms with van der Waals surface area (Å²) < 4.78 is 4.89. The van der Waals surface area contributed by atoms with Crippen LogP contribution >= 0.6 is 11.3 Å². The Hall–Kier alpha value is -1.82. The van der Waals surface area contributed by atoms with Gasteiger partial charge in [-0.05, 0) is 30.9 Å². The molecule has 0 radical (unpaired) electrons. The van der Waals surface area contributed by atoms with Crippen LogP contribution in [-0.4, -0.2) is 23.1 Å². The Labute approximate surface area is 109 Å². The van der Waals surface area contributed by atoms with E-state index in [0.717, 1.165) is 0 Å². The van der Waals surface area contributed by atoms with E-state index in [9.17, 15) is 4.79 Å². The molecule has 2 rings (SSSR count). The number of hydrogen-bond donors (Lipinski definition) is 1. The van der Waals surface area contributed by atoms with E-state index < -0.39 is 0 Å². The van der Waals surface area contributed by atoms with Crippen molar-refractivity contribution in [1.82, 2.24) is 10.1 Å². The second-order valence-electron chi connectivity index (χ2n) is 4.14. The van der Waals surface area contributed by atoms with Crippen molar-refractivity contribution in [2.24, 2.45) is 0 Å². The van der Waals surface area contributed by atoms with Gasteiger partial charge in [-0.1, -0.05) is 5.16 Å². The number of hydrogen-bond acceptors (Lipinski definition) is 4. The van der Waals surface area contributed by atoms with Gasteiger partial charge in [-0.25, -0.2) is 4.79 Å². The van der Waals surface area contributed by atoms with E-state index >= 15 is 0 Å². The molecule has 6 heteroatoms. The van der Waals surface area contributed by atoms with Gasteiger partial charge in [-0.15, -0.1) is 11.3 Å². The Morgan fingerprint density at radius 2 is 2.33 bits per heavy atom. The van der Waals surface area contributed by atoms with Crippen LogP contribution in [0.1, 0.15) is 16.2 Å². The summed E-state index contributed by atoms with van der Waals surface area (Å²) in [7, 11) is 1.75. The summed E-state index contributed by atoms with van der Waals surface area (Å²) in [5, 5.41) is 8.43. The maximum atomic E-state index is 11.9. The number of rotatable bonds is 3. The summed E-state index contributed by atoms with van der Waals surface area (Å²) in [6, 6.07) is 3.53. The molecular formula is C12H15N3O2S. The van der Waals surface area contributed by atoms with Gasteiger partial charge in [0.1, 0.15) is 5.76 Å². The predicted molar refractivity (Wildman–Crippen MR) is 70.8 cm³/mol. The number of carbonyl (C=O) groups is 1. The van der Waals surface area contributed by atoms with Crippen LogP contribution in [0.5, 0.6) is 0 Å². The highest BCUT2D eigenvalue weighted by Gasteiger charge is 2.13. The van der Waals surface area contributed by atoms with Crippen molar-refractivity contribution in [2.45, 2.75) is 20.4 Å². The number of aromatic nitrogens is 1. The number of carbonyl (C=O) groups excluding carboxylic acids is 1. The average Bonchev–Trinajstić information content (AvgIpc) is 2.89. The monoisotopic (exact) mass is 265 g/mol. The number of aryl methyl sites for hydroxylation is 2. The molecule has 0 aliphatic carbocycles. The third kappa shape index (κ3) is 2.89. The minimum Gasteiger partial charge on any atom is -0.360 e. The van der Waals surface area contributed by atoms with Crippen LogP contribution < -0.4 is 5.32 Å². The molecule has 0 aliphatic heterocycles. The second-order valence-corrected chi connectivity index (χ2v) is 5.14. The molecule has 0 saturated heterocycles. The summed E-state index contributed by atoms with van der Waals surface area (Å²) in [6.45, 7) is 4.41. The lowest BCUT2D eigenvalue weighted by molar-refractivity contribution is 0.221. The number of amides is 2. The molecule has 2 aromatic rings. The zero-order valence-corrected chi connectivity index (χ0v) is 11.4. The number of nitrogens with zero attached hydrogens (tertiary/aromatic N) is 2. The summed E-state index contributed by atoms with van der Waals surface area (Å²) in [5.41, 5.74) is 1.21. The molecule has 18 heavy (non-hydrogen) atoms. The topological polar surface area (TPSA) is 58.4 Å². The molecule has 0 spiro atoms. The molecule has 5 nitrogen and oxygen atoms in total. The standard InChI is InChI=1S/C12H15N3O2S/c1-8-4-5-18-10(8)7-15(3)12(16)13-11-6-9(2)17-14-11/h4-6H,7H2,1-3H3,(H,13,14,16). The van der Waals surface area contributed by atoms with Crippen molar-refractivity contribution in [3.8, 4) is 0 Å². The lowest BCUT2D eigenvalue weighted by atomic mass is 10.3. The van der Waals surface area contributed by atoms with E-state index in [1.807, 2.05) is 18.4 Å². The largest absolute Gasteiger partial charge is 0.360 e. The van der Waals surface area contributed by atoms with Crippen molar-refractivity contribution in [1.29, 1.82) is 0 Å². The highest BCUT2D eigenvalue weighted by molar-refractivity contribution is 7.10. The van der Waals surface area contributed by atoms with E-state index in [1.54, 1.807) is 36.3 Å². The minimum absolute atomic E-state index is 0.198. The SMILES string of the molecule is Cc1cc(NC(=O)N(C)Cc2sccc2C)no1. The molecule has 1 N–H and O–H groups in total. The number of urea groups is 1. The lowest BCUT2D eigenvalue weighted by Crippen LogP contribution is -2.30. The average molecular weight is 265 g/mol. The van der Waals surface area contributed by atoms with Crippen LogP contribution in [-0.2, 0) is 6.54 Å². The van der Waals surface area contributed by atoms with Gasteiger partial charge < -0.3 is 9.42 Å². The first kappa shape index (κ1) is 12.6. The normalized spacial score (nSPS) is 10.4. The number of nitrogens with one attached hydrogen (secondary N) is 1. The van der Waals surface area contributed by atoms with E-state index in [0.29, 0.717) is 18.1 Å². The van der Waals surface area contributed by atoms with Gasteiger partial charge in [0.25, 0.3) is 0 Å². The van der Waals surface area contributed by atoms with Crippen molar-refractivity contribution in [2.75, 3.05) is 12.4 Å². The molecule has 0 aromatic carbocycles. The predicted octanol–water partition coefficient (Wildman–Crippen LogP) is 3.02. The third-order valence-electron chi connectivity index (χ3n) is 2.56. The number of anilines is 1. The van der Waals surface area contributed by atoms with Gasteiger partial charge in [0.05, 0.1) is 6.54 Å². The molecule has 0 saturated carbocycles. The van der Waals surface area contributed by atoms with Gasteiger partial charge >= 0.3 is 6.03 Å². The summed E-state index contributed by atoms with van der Waals surface area (Å²) in [5.74, 6) is 1.11. The van der Waals surface area contributed by atoms with Crippen molar-refractivity contribution >= 4 is 23.2 Å². The third-order valence-corrected chi connectivity index (χ3v) is 3.57. The summed E-state index contributed by atoms with van der Waals surface area (Å²) in [6.07, 6.45) is 0. The molecule has 0 bridgehead atoms. The van der Waals surface area contributed by atoms with Gasteiger partial charge in [-0.3, -0.25) is 5.32 Å². The Morgan fingerprint density at radius 1 is 1.56 bits per heavy atom. The Morgan fingerprint density at radius 3 is 2.89 bits per heavy atom. The number of thiophene rings is 1. The zero-order chi connectivity index (χ0) is 13.1. The Kier molecular flexibility index (Phi) is 3.66. The maximum absolute atomic E-state index is 11.9. The smallest absolute Gasteiger partial charge is 0.323 e. The highest BCUT2D eigenvalue weighted by Crippen LogP contribution is 2.17. The molecule has 96 valence electrons. The van der Waals surface area contributed by atoms with Crippen LogP contribution in [0.4, 0.5) is 10.6 Å². The van der Waals surface area contributed by atoms with Crippen LogP contribution in [0.25, 0.3) is 0 Å². The summed E-state index contributed by atoms with van der Waals surface area (Å²) in [4.78, 5) is 14.7. The van der Waals surface area contributed by atoms with E-state index in [4.69, 9.17) is 4.52 Å². The zero-order valence-electron chi connectivity index (χ0n) is 10.6. The van der Waals surface area contributed by atoms with Gasteiger partial charge in [0.15, 0.2) is 5.82 Å². The minimum atomic E-state index is -0.198. The molecular weight excluding hydrogens is 250 g/mol. The van der Waals surface area contributed by atoms with Crippen molar-refractivity contribution < 1.29 is 9.32 Å². The first-order valence-electron chi connectivity index (χ1n) is 5.54. The van der Waals surface area contributed by atoms with E-state index in [1.165, 1.54) is 10.4 Å². The fourth-order valence-corrected chi connectivity index (χ4v) is 2.44. The summed E-state index contributed by atoms with van der Waals surface area (Å²) >= 11 is 1.65. The molecule has 0 aliphatic rings. The quantitative estimate of drug-likeness (QED) is 0.928. The van der Waals surface area contributed by atoms with Crippen LogP contribution in [0.2, 0.25) is 0 Å². The first-order valence-corrected chi connectivity index (χ1v) is 6.42. The van der Waals surface area contributed by atoms with Gasteiger partial charge in [0.2, 0.25) is 0 Å². The second kappa shape index (κ2) is 5.22. The highest BCUT2D eigenvalue weighted by atomic mass is 32.1. The fraction of sp³-hybridized carbons (Fsp3) is 0.333. The molecule has 2 aromatic heterocycles. The van der Waals surface area contributed by atoms with Crippen LogP contribution in [0, 0.1) is 13.8 Å². The lowest BCUT2D eigenvalue weighted by Gasteiger charge is -2.16.